The van der Waals surface area contributed by atoms with Crippen molar-refractivity contribution >= 4 is 11.8 Å². The Bertz CT molecular complexity index is 408. The number of hydrogen-bond acceptors (Lipinski definition) is 5. The van der Waals surface area contributed by atoms with Gasteiger partial charge in [0.25, 0.3) is 0 Å². The van der Waals surface area contributed by atoms with Crippen molar-refractivity contribution in [2.24, 2.45) is 5.92 Å². The van der Waals surface area contributed by atoms with Crippen molar-refractivity contribution in [3.63, 3.8) is 0 Å². The second-order valence-corrected chi connectivity index (χ2v) is 4.84. The minimum atomic E-state index is -0.358. The third-order valence-electron chi connectivity index (χ3n) is 2.68. The van der Waals surface area contributed by atoms with E-state index in [0.29, 0.717) is 37.1 Å². The van der Waals surface area contributed by atoms with E-state index < -0.39 is 0 Å². The van der Waals surface area contributed by atoms with Gasteiger partial charge in [0.05, 0.1) is 13.2 Å². The zero-order valence-electron chi connectivity index (χ0n) is 12.5. The topological polar surface area (TPSA) is 60.5 Å². The Kier molecular flexibility index (Phi) is 7.65. The van der Waals surface area contributed by atoms with Crippen LogP contribution in [0.3, 0.4) is 0 Å². The molecule has 5 nitrogen and oxygen atoms in total. The van der Waals surface area contributed by atoms with E-state index in [4.69, 9.17) is 9.47 Å². The van der Waals surface area contributed by atoms with Crippen LogP contribution in [-0.2, 0) is 9.47 Å². The van der Waals surface area contributed by atoms with Gasteiger partial charge in [-0.2, -0.15) is 0 Å². The molecule has 0 aliphatic carbocycles. The van der Waals surface area contributed by atoms with Crippen molar-refractivity contribution in [1.82, 2.24) is 4.98 Å². The van der Waals surface area contributed by atoms with Gasteiger partial charge in [-0.25, -0.2) is 9.78 Å². The van der Waals surface area contributed by atoms with E-state index in [0.717, 1.165) is 13.0 Å². The molecule has 1 aromatic rings. The van der Waals surface area contributed by atoms with E-state index in [1.165, 1.54) is 0 Å². The number of rotatable bonds is 9. The second-order valence-electron chi connectivity index (χ2n) is 4.84. The summed E-state index contributed by atoms with van der Waals surface area (Å²) in [4.78, 5) is 15.9. The normalized spacial score (nSPS) is 10.6. The first kappa shape index (κ1) is 16.4. The summed E-state index contributed by atoms with van der Waals surface area (Å²) >= 11 is 0. The molecular weight excluding hydrogens is 256 g/mol. The number of carbonyl (C=O) groups is 1. The van der Waals surface area contributed by atoms with E-state index in [2.05, 4.69) is 24.1 Å². The highest BCUT2D eigenvalue weighted by atomic mass is 16.5. The summed E-state index contributed by atoms with van der Waals surface area (Å²) in [7, 11) is 0. The molecule has 0 saturated carbocycles. The molecule has 0 aliphatic heterocycles. The van der Waals surface area contributed by atoms with Gasteiger partial charge in [-0.15, -0.1) is 0 Å². The highest BCUT2D eigenvalue weighted by Crippen LogP contribution is 2.12. The Hall–Kier alpha value is -1.62. The summed E-state index contributed by atoms with van der Waals surface area (Å²) in [5, 5.41) is 3.10. The number of carbonyl (C=O) groups excluding carboxylic acids is 1. The molecule has 0 unspecified atom stereocenters. The maximum Gasteiger partial charge on any atom is 0.341 e. The third kappa shape index (κ3) is 6.02. The monoisotopic (exact) mass is 280 g/mol. The molecule has 0 atom stereocenters. The van der Waals surface area contributed by atoms with Crippen LogP contribution >= 0.6 is 0 Å². The van der Waals surface area contributed by atoms with Crippen molar-refractivity contribution < 1.29 is 14.3 Å². The lowest BCUT2D eigenvalue weighted by Crippen LogP contribution is -2.15. The summed E-state index contributed by atoms with van der Waals surface area (Å²) in [6.07, 6.45) is 2.70. The highest BCUT2D eigenvalue weighted by molar-refractivity contribution is 5.94. The zero-order valence-corrected chi connectivity index (χ0v) is 12.5. The molecule has 5 heteroatoms. The molecule has 0 bridgehead atoms. The summed E-state index contributed by atoms with van der Waals surface area (Å²) in [6.45, 7) is 8.43. The largest absolute Gasteiger partial charge is 0.462 e. The molecule has 0 fully saturated rings. The Labute approximate surface area is 120 Å². The number of nitrogens with one attached hydrogen (secondary N) is 1. The van der Waals surface area contributed by atoms with Gasteiger partial charge in [-0.1, -0.05) is 13.8 Å². The van der Waals surface area contributed by atoms with Crippen molar-refractivity contribution in [2.45, 2.75) is 27.2 Å². The fraction of sp³-hybridized carbons (Fsp3) is 0.600. The molecule has 1 N–H and O–H groups in total. The van der Waals surface area contributed by atoms with Gasteiger partial charge >= 0.3 is 5.97 Å². The summed E-state index contributed by atoms with van der Waals surface area (Å²) < 4.78 is 10.5. The molecule has 0 radical (unpaired) electrons. The van der Waals surface area contributed by atoms with Crippen LogP contribution in [0.25, 0.3) is 0 Å². The van der Waals surface area contributed by atoms with Gasteiger partial charge in [0.15, 0.2) is 0 Å². The molecule has 0 spiro atoms. The average Bonchev–Trinajstić information content (AvgIpc) is 2.43. The van der Waals surface area contributed by atoms with Crippen molar-refractivity contribution in [1.29, 1.82) is 0 Å². The lowest BCUT2D eigenvalue weighted by molar-refractivity contribution is 0.0527. The van der Waals surface area contributed by atoms with Crippen LogP contribution in [0.5, 0.6) is 0 Å². The van der Waals surface area contributed by atoms with Gasteiger partial charge in [0.1, 0.15) is 11.4 Å². The van der Waals surface area contributed by atoms with E-state index in [1.807, 2.05) is 0 Å². The summed E-state index contributed by atoms with van der Waals surface area (Å²) in [6, 6.07) is 3.42. The Morgan fingerprint density at radius 1 is 1.40 bits per heavy atom. The van der Waals surface area contributed by atoms with Crippen LogP contribution < -0.4 is 5.32 Å². The lowest BCUT2D eigenvalue weighted by atomic mass is 10.1. The number of hydrogen-bond donors (Lipinski definition) is 1. The predicted molar refractivity (Wildman–Crippen MR) is 79.0 cm³/mol. The Balaban J connectivity index is 2.38. The van der Waals surface area contributed by atoms with Gasteiger partial charge in [0, 0.05) is 19.3 Å². The number of ether oxygens (including phenoxy) is 2. The maximum absolute atomic E-state index is 11.7. The Morgan fingerprint density at radius 3 is 2.90 bits per heavy atom. The van der Waals surface area contributed by atoms with Crippen molar-refractivity contribution in [2.75, 3.05) is 31.7 Å². The number of aromatic nitrogens is 1. The number of anilines is 1. The molecule has 0 aromatic carbocycles. The first-order chi connectivity index (χ1) is 9.65. The fourth-order valence-corrected chi connectivity index (χ4v) is 1.58. The minimum Gasteiger partial charge on any atom is -0.462 e. The van der Waals surface area contributed by atoms with Crippen molar-refractivity contribution in [3.8, 4) is 0 Å². The van der Waals surface area contributed by atoms with Crippen LogP contribution in [0.4, 0.5) is 5.82 Å². The minimum absolute atomic E-state index is 0.353. The second kappa shape index (κ2) is 9.31. The molecule has 1 heterocycles. The SMILES string of the molecule is CCOC(=O)c1cccnc1NCCOCCC(C)C. The molecule has 20 heavy (non-hydrogen) atoms. The molecular formula is C15H24N2O3. The first-order valence-electron chi connectivity index (χ1n) is 7.09. The van der Waals surface area contributed by atoms with Gasteiger partial charge in [-0.3, -0.25) is 0 Å². The highest BCUT2D eigenvalue weighted by Gasteiger charge is 2.12. The van der Waals surface area contributed by atoms with Crippen LogP contribution in [0.1, 0.15) is 37.6 Å². The fourth-order valence-electron chi connectivity index (χ4n) is 1.58. The van der Waals surface area contributed by atoms with E-state index in [-0.39, 0.29) is 5.97 Å². The molecule has 0 aliphatic rings. The third-order valence-corrected chi connectivity index (χ3v) is 2.68. The average molecular weight is 280 g/mol. The smallest absolute Gasteiger partial charge is 0.341 e. The van der Waals surface area contributed by atoms with Gasteiger partial charge < -0.3 is 14.8 Å². The van der Waals surface area contributed by atoms with E-state index in [1.54, 1.807) is 25.3 Å². The van der Waals surface area contributed by atoms with Crippen LogP contribution in [-0.4, -0.2) is 37.3 Å². The number of nitrogens with zero attached hydrogens (tertiary/aromatic N) is 1. The quantitative estimate of drug-likeness (QED) is 0.556. The van der Waals surface area contributed by atoms with Crippen LogP contribution in [0.15, 0.2) is 18.3 Å². The first-order valence-corrected chi connectivity index (χ1v) is 7.09. The van der Waals surface area contributed by atoms with E-state index in [9.17, 15) is 4.79 Å². The van der Waals surface area contributed by atoms with Gasteiger partial charge in [0.2, 0.25) is 0 Å². The standard InChI is InChI=1S/C15H24N2O3/c1-4-20-15(18)13-6-5-8-16-14(13)17-9-11-19-10-7-12(2)3/h5-6,8,12H,4,7,9-11H2,1-3H3,(H,16,17). The molecule has 0 amide bonds. The van der Waals surface area contributed by atoms with Crippen molar-refractivity contribution in [3.05, 3.63) is 23.9 Å². The molecule has 112 valence electrons. The Morgan fingerprint density at radius 2 is 2.20 bits per heavy atom. The zero-order chi connectivity index (χ0) is 14.8. The van der Waals surface area contributed by atoms with Crippen LogP contribution in [0, 0.1) is 5.92 Å². The summed E-state index contributed by atoms with van der Waals surface area (Å²) in [5.74, 6) is 0.830. The van der Waals surface area contributed by atoms with Crippen LogP contribution in [0.2, 0.25) is 0 Å². The van der Waals surface area contributed by atoms with E-state index >= 15 is 0 Å². The van der Waals surface area contributed by atoms with Gasteiger partial charge in [-0.05, 0) is 31.4 Å². The predicted octanol–water partition coefficient (Wildman–Crippen LogP) is 2.73. The number of esters is 1. The maximum atomic E-state index is 11.7. The number of pyridine rings is 1. The lowest BCUT2D eigenvalue weighted by Gasteiger charge is -2.10. The molecule has 1 rings (SSSR count). The molecule has 0 saturated heterocycles. The summed E-state index contributed by atoms with van der Waals surface area (Å²) in [5.41, 5.74) is 0.455. The molecule has 1 aromatic heterocycles.